The van der Waals surface area contributed by atoms with Crippen molar-refractivity contribution in [1.82, 2.24) is 14.7 Å². The third-order valence-electron chi connectivity index (χ3n) is 4.15. The molecular weight excluding hydrogens is 343 g/mol. The lowest BCUT2D eigenvalue weighted by Crippen LogP contribution is -2.28. The number of hydrogen-bond acceptors (Lipinski definition) is 3. The van der Waals surface area contributed by atoms with Gasteiger partial charge in [0, 0.05) is 18.7 Å². The van der Waals surface area contributed by atoms with Crippen molar-refractivity contribution in [2.24, 2.45) is 0 Å². The standard InChI is InChI=1S/C18H16ClFN4O/c1-12-16(10-13(11-21)18(25)23-8-2-3-9-23)17(19)24(22-12)15-6-4-14(20)5-7-15/h4-7,10H,2-3,8-9H2,1H3/b13-10+. The third-order valence-corrected chi connectivity index (χ3v) is 4.52. The quantitative estimate of drug-likeness (QED) is 0.623. The number of aryl methyl sites for hydroxylation is 1. The van der Waals surface area contributed by atoms with Crippen LogP contribution >= 0.6 is 11.6 Å². The first kappa shape index (κ1) is 17.2. The lowest BCUT2D eigenvalue weighted by Gasteiger charge is -2.14. The van der Waals surface area contributed by atoms with Gasteiger partial charge in [-0.2, -0.15) is 10.4 Å². The minimum absolute atomic E-state index is 0.0329. The second-order valence-corrected chi connectivity index (χ2v) is 6.21. The highest BCUT2D eigenvalue weighted by Gasteiger charge is 2.23. The molecule has 2 aromatic rings. The zero-order chi connectivity index (χ0) is 18.0. The monoisotopic (exact) mass is 358 g/mol. The third kappa shape index (κ3) is 3.42. The number of benzene rings is 1. The van der Waals surface area contributed by atoms with Gasteiger partial charge in [0.05, 0.1) is 11.4 Å². The largest absolute Gasteiger partial charge is 0.338 e. The van der Waals surface area contributed by atoms with E-state index in [0.717, 1.165) is 12.8 Å². The summed E-state index contributed by atoms with van der Waals surface area (Å²) in [5, 5.41) is 14.0. The Balaban J connectivity index is 1.98. The summed E-state index contributed by atoms with van der Waals surface area (Å²) < 4.78 is 14.5. The van der Waals surface area contributed by atoms with Crippen molar-refractivity contribution < 1.29 is 9.18 Å². The molecule has 0 bridgehead atoms. The highest BCUT2D eigenvalue weighted by molar-refractivity contribution is 6.31. The van der Waals surface area contributed by atoms with Crippen LogP contribution < -0.4 is 0 Å². The molecule has 3 rings (SSSR count). The number of hydrogen-bond donors (Lipinski definition) is 0. The highest BCUT2D eigenvalue weighted by Crippen LogP contribution is 2.26. The predicted octanol–water partition coefficient (Wildman–Crippen LogP) is 3.50. The smallest absolute Gasteiger partial charge is 0.264 e. The Morgan fingerprint density at radius 2 is 1.96 bits per heavy atom. The van der Waals surface area contributed by atoms with Gasteiger partial charge in [-0.1, -0.05) is 11.6 Å². The normalized spacial score (nSPS) is 14.6. The van der Waals surface area contributed by atoms with Gasteiger partial charge in [-0.25, -0.2) is 9.07 Å². The van der Waals surface area contributed by atoms with E-state index in [1.807, 2.05) is 6.07 Å². The summed E-state index contributed by atoms with van der Waals surface area (Å²) in [5.74, 6) is -0.642. The zero-order valence-electron chi connectivity index (χ0n) is 13.7. The molecule has 0 unspecified atom stereocenters. The summed E-state index contributed by atoms with van der Waals surface area (Å²) in [6.45, 7) is 3.08. The SMILES string of the molecule is Cc1nn(-c2ccc(F)cc2)c(Cl)c1/C=C(\C#N)C(=O)N1CCCC1. The summed E-state index contributed by atoms with van der Waals surface area (Å²) in [4.78, 5) is 14.1. The molecule has 1 aromatic carbocycles. The van der Waals surface area contributed by atoms with Gasteiger partial charge in [-0.3, -0.25) is 4.79 Å². The summed E-state index contributed by atoms with van der Waals surface area (Å²) in [5.41, 5.74) is 1.72. The minimum Gasteiger partial charge on any atom is -0.338 e. The van der Waals surface area contributed by atoms with E-state index in [0.29, 0.717) is 30.0 Å². The number of amides is 1. The molecule has 7 heteroatoms. The van der Waals surface area contributed by atoms with E-state index in [-0.39, 0.29) is 22.5 Å². The summed E-state index contributed by atoms with van der Waals surface area (Å²) in [7, 11) is 0. The van der Waals surface area contributed by atoms with Gasteiger partial charge in [0.1, 0.15) is 22.6 Å². The number of likely N-dealkylation sites (tertiary alicyclic amines) is 1. The minimum atomic E-state index is -0.355. The van der Waals surface area contributed by atoms with E-state index in [4.69, 9.17) is 11.6 Å². The molecule has 0 spiro atoms. The number of halogens is 2. The molecular formula is C18H16ClFN4O. The van der Waals surface area contributed by atoms with E-state index in [9.17, 15) is 14.4 Å². The van der Waals surface area contributed by atoms with Crippen LogP contribution in [0.25, 0.3) is 11.8 Å². The predicted molar refractivity (Wildman–Crippen MR) is 92.7 cm³/mol. The molecule has 0 aliphatic carbocycles. The number of nitriles is 1. The first-order valence-electron chi connectivity index (χ1n) is 7.93. The van der Waals surface area contributed by atoms with Crippen LogP contribution in [0, 0.1) is 24.1 Å². The van der Waals surface area contributed by atoms with Crippen molar-refractivity contribution >= 4 is 23.6 Å². The van der Waals surface area contributed by atoms with Crippen molar-refractivity contribution in [3.05, 3.63) is 52.1 Å². The maximum absolute atomic E-state index is 13.1. The number of carbonyl (C=O) groups is 1. The Bertz CT molecular complexity index is 874. The maximum atomic E-state index is 13.1. The Hall–Kier alpha value is -2.65. The van der Waals surface area contributed by atoms with Crippen molar-refractivity contribution in [2.45, 2.75) is 19.8 Å². The molecule has 1 aliphatic heterocycles. The summed E-state index contributed by atoms with van der Waals surface area (Å²) >= 11 is 6.40. The molecule has 5 nitrogen and oxygen atoms in total. The number of rotatable bonds is 3. The average Bonchev–Trinajstić information content (AvgIpc) is 3.23. The van der Waals surface area contributed by atoms with Crippen LogP contribution in [-0.2, 0) is 4.79 Å². The van der Waals surface area contributed by atoms with Crippen LogP contribution in [0.2, 0.25) is 5.15 Å². The molecule has 0 atom stereocenters. The number of nitrogens with zero attached hydrogens (tertiary/aromatic N) is 4. The molecule has 1 saturated heterocycles. The van der Waals surface area contributed by atoms with Gasteiger partial charge < -0.3 is 4.90 Å². The van der Waals surface area contributed by atoms with Crippen LogP contribution in [-0.4, -0.2) is 33.7 Å². The fourth-order valence-electron chi connectivity index (χ4n) is 2.81. The molecule has 128 valence electrons. The average molecular weight is 359 g/mol. The van der Waals surface area contributed by atoms with E-state index in [1.54, 1.807) is 24.0 Å². The van der Waals surface area contributed by atoms with Crippen molar-refractivity contribution in [1.29, 1.82) is 5.26 Å². The van der Waals surface area contributed by atoms with Gasteiger partial charge in [-0.05, 0) is 50.1 Å². The fraction of sp³-hybridized carbons (Fsp3) is 0.278. The van der Waals surface area contributed by atoms with Crippen LogP contribution in [0.4, 0.5) is 4.39 Å². The van der Waals surface area contributed by atoms with E-state index >= 15 is 0 Å². The topological polar surface area (TPSA) is 61.9 Å². The first-order valence-corrected chi connectivity index (χ1v) is 8.31. The number of carbonyl (C=O) groups excluding carboxylic acids is 1. The van der Waals surface area contributed by atoms with Gasteiger partial charge in [0.25, 0.3) is 5.91 Å². The molecule has 1 aromatic heterocycles. The Labute approximate surface area is 149 Å². The second kappa shape index (κ2) is 7.08. The number of aromatic nitrogens is 2. The summed E-state index contributed by atoms with van der Waals surface area (Å²) in [6, 6.07) is 7.71. The van der Waals surface area contributed by atoms with Crippen LogP contribution in [0.15, 0.2) is 29.8 Å². The molecule has 2 heterocycles. The van der Waals surface area contributed by atoms with Gasteiger partial charge in [0.15, 0.2) is 0 Å². The van der Waals surface area contributed by atoms with Crippen LogP contribution in [0.5, 0.6) is 0 Å². The molecule has 1 amide bonds. The molecule has 1 aliphatic rings. The second-order valence-electron chi connectivity index (χ2n) is 5.85. The summed E-state index contributed by atoms with van der Waals surface area (Å²) in [6.07, 6.45) is 3.38. The van der Waals surface area contributed by atoms with E-state index < -0.39 is 0 Å². The molecule has 0 saturated carbocycles. The fourth-order valence-corrected chi connectivity index (χ4v) is 3.13. The Kier molecular flexibility index (Phi) is 4.86. The zero-order valence-corrected chi connectivity index (χ0v) is 14.4. The van der Waals surface area contributed by atoms with E-state index in [2.05, 4.69) is 5.10 Å². The molecule has 25 heavy (non-hydrogen) atoms. The van der Waals surface area contributed by atoms with Gasteiger partial charge in [0.2, 0.25) is 0 Å². The molecule has 0 N–H and O–H groups in total. The lowest BCUT2D eigenvalue weighted by atomic mass is 10.1. The molecule has 1 fully saturated rings. The first-order chi connectivity index (χ1) is 12.0. The van der Waals surface area contributed by atoms with Gasteiger partial charge in [-0.15, -0.1) is 0 Å². The van der Waals surface area contributed by atoms with Crippen molar-refractivity contribution in [3.63, 3.8) is 0 Å². The van der Waals surface area contributed by atoms with Gasteiger partial charge >= 0.3 is 0 Å². The van der Waals surface area contributed by atoms with E-state index in [1.165, 1.54) is 22.9 Å². The Morgan fingerprint density at radius 1 is 1.32 bits per heavy atom. The van der Waals surface area contributed by atoms with Crippen molar-refractivity contribution in [2.75, 3.05) is 13.1 Å². The lowest BCUT2D eigenvalue weighted by molar-refractivity contribution is -0.125. The van der Waals surface area contributed by atoms with Crippen LogP contribution in [0.1, 0.15) is 24.1 Å². The van der Waals surface area contributed by atoms with Crippen molar-refractivity contribution in [3.8, 4) is 11.8 Å². The Morgan fingerprint density at radius 3 is 2.56 bits per heavy atom. The maximum Gasteiger partial charge on any atom is 0.264 e. The van der Waals surface area contributed by atoms with Crippen LogP contribution in [0.3, 0.4) is 0 Å². The highest BCUT2D eigenvalue weighted by atomic mass is 35.5. The molecule has 0 radical (unpaired) electrons.